The maximum absolute atomic E-state index is 2.58. The minimum absolute atomic E-state index is 0.0187. The molecule has 0 spiro atoms. The van der Waals surface area contributed by atoms with Crippen molar-refractivity contribution in [3.8, 4) is 0 Å². The molecule has 4 aromatic heterocycles. The number of benzene rings is 11. The van der Waals surface area contributed by atoms with E-state index in [1.54, 1.807) is 0 Å². The van der Waals surface area contributed by atoms with E-state index >= 15 is 0 Å². The van der Waals surface area contributed by atoms with E-state index < -0.39 is 0 Å². The van der Waals surface area contributed by atoms with E-state index in [2.05, 4.69) is 308 Å². The predicted octanol–water partition coefficient (Wildman–Crippen LogP) is 22.4. The summed E-state index contributed by atoms with van der Waals surface area (Å²) in [5.74, 6) is 0. The minimum atomic E-state index is -0.145. The van der Waals surface area contributed by atoms with Crippen LogP contribution in [0.15, 0.2) is 206 Å². The van der Waals surface area contributed by atoms with Crippen LogP contribution in [0.3, 0.4) is 0 Å². The first-order valence-corrected chi connectivity index (χ1v) is 29.4. The average molecular weight is 1060 g/mol. The maximum atomic E-state index is 2.58. The summed E-state index contributed by atoms with van der Waals surface area (Å²) in [5, 5.41) is 15.0. The summed E-state index contributed by atoms with van der Waals surface area (Å²) in [6.07, 6.45) is 0. The molecule has 0 bridgehead atoms. The molecule has 0 saturated heterocycles. The van der Waals surface area contributed by atoms with Gasteiger partial charge in [-0.25, -0.2) is 0 Å². The lowest BCUT2D eigenvalue weighted by molar-refractivity contribution is 0.589. The fraction of sp³-hybridized carbons (Fsp3) is 0.205. The summed E-state index contributed by atoms with van der Waals surface area (Å²) in [7, 11) is 0. The fourth-order valence-corrected chi connectivity index (χ4v) is 13.9. The van der Waals surface area contributed by atoms with Gasteiger partial charge in [0.05, 0.1) is 55.8 Å². The van der Waals surface area contributed by atoms with E-state index in [0.29, 0.717) is 0 Å². The van der Waals surface area contributed by atoms with Gasteiger partial charge in [-0.15, -0.1) is 0 Å². The topological polar surface area (TPSA) is 15.3 Å². The Bertz CT molecular complexity index is 4740. The number of nitrogens with zero attached hydrogens (tertiary/aromatic N) is 4. The second-order valence-electron chi connectivity index (χ2n) is 27.5. The molecule has 0 saturated carbocycles. The van der Waals surface area contributed by atoms with Gasteiger partial charge in [0.25, 0.3) is 0 Å². The van der Waals surface area contributed by atoms with Crippen molar-refractivity contribution in [1.82, 2.24) is 8.80 Å². The second kappa shape index (κ2) is 17.3. The molecule has 0 aliphatic heterocycles. The molecule has 4 nitrogen and oxygen atoms in total. The van der Waals surface area contributed by atoms with Crippen molar-refractivity contribution in [1.29, 1.82) is 0 Å². The lowest BCUT2D eigenvalue weighted by atomic mass is 9.83. The first kappa shape index (κ1) is 50.1. The van der Waals surface area contributed by atoms with Crippen molar-refractivity contribution < 1.29 is 0 Å². The highest BCUT2D eigenvalue weighted by atomic mass is 15.2. The molecule has 11 aromatic carbocycles. The van der Waals surface area contributed by atoms with E-state index in [1.165, 1.54) is 143 Å². The normalized spacial score (nSPS) is 13.1. The fourth-order valence-electron chi connectivity index (χ4n) is 13.9. The Labute approximate surface area is 481 Å². The Hall–Kier alpha value is -8.86. The zero-order valence-electron chi connectivity index (χ0n) is 49.4. The number of hydrogen-bond donors (Lipinski definition) is 0. The molecule has 0 N–H and O–H groups in total. The first-order valence-electron chi connectivity index (χ1n) is 29.4. The Morgan fingerprint density at radius 1 is 0.268 bits per heavy atom. The van der Waals surface area contributed by atoms with Crippen LogP contribution in [0.25, 0.3) is 97.7 Å². The Balaban J connectivity index is 1.01. The summed E-state index contributed by atoms with van der Waals surface area (Å²) in [6, 6.07) is 79.0. The molecule has 0 aliphatic carbocycles. The quantitative estimate of drug-likeness (QED) is 0.165. The van der Waals surface area contributed by atoms with E-state index in [0.717, 1.165) is 11.4 Å². The third-order valence-electron chi connectivity index (χ3n) is 18.1. The van der Waals surface area contributed by atoms with Gasteiger partial charge in [0.2, 0.25) is 0 Å². The van der Waals surface area contributed by atoms with Gasteiger partial charge in [-0.3, -0.25) is 0 Å². The summed E-state index contributed by atoms with van der Waals surface area (Å²) < 4.78 is 5.16. The van der Waals surface area contributed by atoms with Gasteiger partial charge in [-0.05, 0) is 150 Å². The molecule has 4 heteroatoms. The van der Waals surface area contributed by atoms with Crippen LogP contribution in [0.1, 0.15) is 105 Å². The summed E-state index contributed by atoms with van der Waals surface area (Å²) in [4.78, 5) is 5.14. The van der Waals surface area contributed by atoms with Crippen molar-refractivity contribution in [2.75, 3.05) is 9.80 Å². The molecule has 4 heterocycles. The number of para-hydroxylation sites is 2. The lowest BCUT2D eigenvalue weighted by Crippen LogP contribution is -2.19. The molecule has 0 aliphatic rings. The average Bonchev–Trinajstić information content (AvgIpc) is 1.88. The third-order valence-corrected chi connectivity index (χ3v) is 18.1. The van der Waals surface area contributed by atoms with Crippen LogP contribution in [0.2, 0.25) is 0 Å². The van der Waals surface area contributed by atoms with E-state index in [-0.39, 0.29) is 21.7 Å². The van der Waals surface area contributed by atoms with Gasteiger partial charge in [-0.2, -0.15) is 0 Å². The molecule has 15 aromatic rings. The largest absolute Gasteiger partial charge is 0.309 e. The van der Waals surface area contributed by atoms with Crippen LogP contribution in [0, 0.1) is 0 Å². The first-order chi connectivity index (χ1) is 39.2. The lowest BCUT2D eigenvalue weighted by Gasteiger charge is -2.33. The van der Waals surface area contributed by atoms with Crippen LogP contribution < -0.4 is 9.80 Å². The van der Waals surface area contributed by atoms with Crippen LogP contribution >= 0.6 is 0 Å². The van der Waals surface area contributed by atoms with E-state index in [4.69, 9.17) is 0 Å². The molecule has 0 unspecified atom stereocenters. The number of hydrogen-bond acceptors (Lipinski definition) is 2. The summed E-state index contributed by atoms with van der Waals surface area (Å²) in [6.45, 7) is 27.9. The van der Waals surface area contributed by atoms with Crippen molar-refractivity contribution in [3.05, 3.63) is 229 Å². The molecule has 0 fully saturated rings. The van der Waals surface area contributed by atoms with Crippen LogP contribution in [-0.4, -0.2) is 8.80 Å². The molecule has 15 rings (SSSR count). The number of rotatable bonds is 6. The van der Waals surface area contributed by atoms with Gasteiger partial charge < -0.3 is 18.6 Å². The van der Waals surface area contributed by atoms with E-state index in [1.807, 2.05) is 0 Å². The number of aromatic nitrogens is 2. The van der Waals surface area contributed by atoms with Gasteiger partial charge in [0.1, 0.15) is 0 Å². The van der Waals surface area contributed by atoms with Crippen LogP contribution in [0.4, 0.5) is 34.1 Å². The smallest absolute Gasteiger partial charge is 0.0641 e. The Morgan fingerprint density at radius 3 is 0.963 bits per heavy atom. The maximum Gasteiger partial charge on any atom is 0.0641 e. The van der Waals surface area contributed by atoms with Crippen molar-refractivity contribution in [2.45, 2.75) is 105 Å². The highest BCUT2D eigenvalue weighted by Crippen LogP contribution is 2.54. The van der Waals surface area contributed by atoms with Crippen LogP contribution in [-0.2, 0) is 21.7 Å². The van der Waals surface area contributed by atoms with Crippen molar-refractivity contribution in [2.24, 2.45) is 0 Å². The van der Waals surface area contributed by atoms with E-state index in [9.17, 15) is 0 Å². The zero-order chi connectivity index (χ0) is 56.5. The molecule has 0 radical (unpaired) electrons. The van der Waals surface area contributed by atoms with Gasteiger partial charge in [0, 0.05) is 54.5 Å². The molecule has 0 atom stereocenters. The third kappa shape index (κ3) is 7.42. The number of fused-ring (bicyclic) bond motifs is 14. The van der Waals surface area contributed by atoms with Crippen LogP contribution in [0.5, 0.6) is 0 Å². The Kier molecular flexibility index (Phi) is 10.6. The molecule has 402 valence electrons. The van der Waals surface area contributed by atoms with Crippen molar-refractivity contribution in [3.63, 3.8) is 0 Å². The molecule has 82 heavy (non-hydrogen) atoms. The number of anilines is 6. The van der Waals surface area contributed by atoms with Gasteiger partial charge in [-0.1, -0.05) is 204 Å². The van der Waals surface area contributed by atoms with Gasteiger partial charge in [0.15, 0.2) is 0 Å². The predicted molar refractivity (Wildman–Crippen MR) is 355 cm³/mol. The Morgan fingerprint density at radius 2 is 0.610 bits per heavy atom. The van der Waals surface area contributed by atoms with Crippen molar-refractivity contribution >= 4 is 132 Å². The minimum Gasteiger partial charge on any atom is -0.309 e. The summed E-state index contributed by atoms with van der Waals surface area (Å²) >= 11 is 0. The van der Waals surface area contributed by atoms with Gasteiger partial charge >= 0.3 is 0 Å². The summed E-state index contributed by atoms with van der Waals surface area (Å²) in [5.41, 5.74) is 19.4. The standard InChI is InChI=1S/C78H70N4/c1-75(2,3)51-29-33-53(34-30-51)79(69-43-49-23-15-13-21-47(49)41-61(69)77(7,8)9)65-39-37-55-59-45-68-60(46-67(59)81-63-27-19-17-25-57(63)71(65)73(55)81)56-38-40-66(72-58-26-18-20-28-64(58)82(68)74(56)72)80(54-35-31-52(32-36-54)76(4,5)6)70-44-50-24-16-14-22-48(50)42-62(70)78(10,11)12/h13-46H,1-12H3. The molecule has 0 amide bonds. The molecular weight excluding hydrogens is 993 g/mol. The SMILES string of the molecule is CC(C)(C)c1ccc(N(c2cc3ccccc3cc2C(C)(C)C)c2ccc3c4cc5c(cc4n4c6ccccc6c2c34)c2ccc(N(c3ccc(C(C)(C)C)cc3)c3cc4ccccc4cc3C(C)(C)C)c3c4ccccc4n5c23)cc1. The zero-order valence-corrected chi connectivity index (χ0v) is 49.4. The monoisotopic (exact) mass is 1060 g/mol. The molecular formula is C78H70N4. The highest BCUT2D eigenvalue weighted by Gasteiger charge is 2.32. The second-order valence-corrected chi connectivity index (χ2v) is 27.5. The highest BCUT2D eigenvalue weighted by molar-refractivity contribution is 6.32.